The first-order chi connectivity index (χ1) is 11.2. The Morgan fingerprint density at radius 3 is 2.91 bits per heavy atom. The molecule has 4 atom stereocenters. The van der Waals surface area contributed by atoms with Crippen LogP contribution in [0.1, 0.15) is 12.3 Å². The molecule has 2 N–H and O–H groups in total. The Morgan fingerprint density at radius 2 is 2.30 bits per heavy atom. The van der Waals surface area contributed by atoms with E-state index in [4.69, 9.17) is 10.3 Å². The van der Waals surface area contributed by atoms with E-state index in [1.807, 2.05) is 0 Å². The number of hydrogen-bond acceptors (Lipinski definition) is 6. The Morgan fingerprint density at radius 1 is 1.48 bits per heavy atom. The zero-order valence-corrected chi connectivity index (χ0v) is 11.8. The van der Waals surface area contributed by atoms with Gasteiger partial charge in [0.1, 0.15) is 18.4 Å². The number of aliphatic hydroxyl groups excluding tert-OH is 1. The van der Waals surface area contributed by atoms with E-state index in [2.05, 4.69) is 20.0 Å². The molecule has 3 heterocycles. The number of aliphatic hydroxyl groups is 1. The number of imidazole rings is 1. The van der Waals surface area contributed by atoms with Crippen molar-refractivity contribution in [3.8, 4) is 0 Å². The Kier molecular flexibility index (Phi) is 3.98. The average Bonchev–Trinajstić information content (AvgIpc) is 3.15. The second-order valence-corrected chi connectivity index (χ2v) is 4.96. The fourth-order valence-electron chi connectivity index (χ4n) is 2.74. The summed E-state index contributed by atoms with van der Waals surface area (Å²) in [5.41, 5.74) is 7.61. The Balaban J connectivity index is 2.08. The standard InChI is InChI=1S/C12H13N7O4/c13-17-16-9-10(18-4-2-14-6-18)7(5-20)23-11(9)19-3-1-8(21)15-12(19)22/h1-4,6-7,9-11,20H,5H2,(H,15,21,22)/t7-,9-,10-,11-/m1/s1. The molecule has 0 aliphatic carbocycles. The van der Waals surface area contributed by atoms with Gasteiger partial charge in [0.2, 0.25) is 0 Å². The first kappa shape index (κ1) is 15.0. The highest BCUT2D eigenvalue weighted by Gasteiger charge is 2.46. The van der Waals surface area contributed by atoms with E-state index in [1.54, 1.807) is 17.0 Å². The first-order valence-corrected chi connectivity index (χ1v) is 6.75. The smallest absolute Gasteiger partial charge is 0.330 e. The highest BCUT2D eigenvalue weighted by molar-refractivity contribution is 5.01. The van der Waals surface area contributed by atoms with Crippen LogP contribution in [0.3, 0.4) is 0 Å². The van der Waals surface area contributed by atoms with Crippen molar-refractivity contribution in [3.63, 3.8) is 0 Å². The molecule has 0 radical (unpaired) electrons. The summed E-state index contributed by atoms with van der Waals surface area (Å²) in [6.07, 6.45) is 4.30. The van der Waals surface area contributed by atoms with Gasteiger partial charge in [-0.25, -0.2) is 9.78 Å². The molecule has 23 heavy (non-hydrogen) atoms. The molecular formula is C12H13N7O4. The van der Waals surface area contributed by atoms with Crippen LogP contribution in [0.15, 0.2) is 45.7 Å². The number of nitrogens with one attached hydrogen (secondary N) is 1. The average molecular weight is 319 g/mol. The fraction of sp³-hybridized carbons (Fsp3) is 0.417. The van der Waals surface area contributed by atoms with Gasteiger partial charge < -0.3 is 14.4 Å². The van der Waals surface area contributed by atoms with E-state index in [1.165, 1.54) is 12.5 Å². The van der Waals surface area contributed by atoms with Gasteiger partial charge in [0.05, 0.1) is 19.0 Å². The van der Waals surface area contributed by atoms with Crippen LogP contribution in [0.4, 0.5) is 0 Å². The normalized spacial score (nSPS) is 26.8. The lowest BCUT2D eigenvalue weighted by Crippen LogP contribution is -2.35. The summed E-state index contributed by atoms with van der Waals surface area (Å²) in [6.45, 7) is -0.338. The lowest BCUT2D eigenvalue weighted by Gasteiger charge is -2.21. The zero-order chi connectivity index (χ0) is 16.4. The number of nitrogens with zero attached hydrogens (tertiary/aromatic N) is 6. The molecule has 0 bridgehead atoms. The van der Waals surface area contributed by atoms with Crippen molar-refractivity contribution >= 4 is 0 Å². The molecule has 0 saturated carbocycles. The Labute approximate surface area is 128 Å². The maximum Gasteiger partial charge on any atom is 0.330 e. The predicted octanol–water partition coefficient (Wildman–Crippen LogP) is -0.457. The number of ether oxygens (including phenoxy) is 1. The number of azide groups is 1. The van der Waals surface area contributed by atoms with Crippen LogP contribution in [-0.4, -0.2) is 43.0 Å². The van der Waals surface area contributed by atoms with Crippen molar-refractivity contribution in [3.05, 3.63) is 62.3 Å². The monoisotopic (exact) mass is 319 g/mol. The number of hydrogen-bond donors (Lipinski definition) is 2. The van der Waals surface area contributed by atoms with Gasteiger partial charge in [0.15, 0.2) is 0 Å². The minimum Gasteiger partial charge on any atom is -0.394 e. The van der Waals surface area contributed by atoms with Crippen molar-refractivity contribution in [2.75, 3.05) is 6.61 Å². The van der Waals surface area contributed by atoms with Gasteiger partial charge in [-0.15, -0.1) is 0 Å². The van der Waals surface area contributed by atoms with Crippen molar-refractivity contribution in [2.24, 2.45) is 5.11 Å². The van der Waals surface area contributed by atoms with Gasteiger partial charge in [-0.3, -0.25) is 14.3 Å². The molecule has 11 nitrogen and oxygen atoms in total. The van der Waals surface area contributed by atoms with E-state index in [-0.39, 0.29) is 6.61 Å². The summed E-state index contributed by atoms with van der Waals surface area (Å²) in [5.74, 6) is 0. The quantitative estimate of drug-likeness (QED) is 0.444. The molecule has 2 aromatic heterocycles. The van der Waals surface area contributed by atoms with Crippen LogP contribution >= 0.6 is 0 Å². The molecule has 1 fully saturated rings. The van der Waals surface area contributed by atoms with Gasteiger partial charge in [-0.1, -0.05) is 5.11 Å². The first-order valence-electron chi connectivity index (χ1n) is 6.75. The van der Waals surface area contributed by atoms with Gasteiger partial charge >= 0.3 is 5.69 Å². The van der Waals surface area contributed by atoms with Crippen LogP contribution in [-0.2, 0) is 4.74 Å². The van der Waals surface area contributed by atoms with Gasteiger partial charge in [0.25, 0.3) is 5.56 Å². The molecule has 3 rings (SSSR count). The second-order valence-electron chi connectivity index (χ2n) is 4.96. The third kappa shape index (κ3) is 2.63. The minimum absolute atomic E-state index is 0.338. The van der Waals surface area contributed by atoms with Gasteiger partial charge in [-0.05, 0) is 5.53 Å². The zero-order valence-electron chi connectivity index (χ0n) is 11.8. The third-order valence-electron chi connectivity index (χ3n) is 3.70. The van der Waals surface area contributed by atoms with Gasteiger partial charge in [0, 0.05) is 29.6 Å². The second kappa shape index (κ2) is 6.08. The van der Waals surface area contributed by atoms with Crippen LogP contribution in [0.2, 0.25) is 0 Å². The highest BCUT2D eigenvalue weighted by atomic mass is 16.5. The molecule has 120 valence electrons. The lowest BCUT2D eigenvalue weighted by molar-refractivity contribution is -0.0336. The molecule has 1 aliphatic rings. The summed E-state index contributed by atoms with van der Waals surface area (Å²) in [6, 6.07) is -0.187. The number of aromatic amines is 1. The summed E-state index contributed by atoms with van der Waals surface area (Å²) < 4.78 is 8.47. The van der Waals surface area contributed by atoms with Crippen molar-refractivity contribution in [2.45, 2.75) is 24.4 Å². The van der Waals surface area contributed by atoms with Crippen molar-refractivity contribution in [1.82, 2.24) is 19.1 Å². The molecule has 1 aliphatic heterocycles. The Hall–Kier alpha value is -2.88. The Bertz CT molecular complexity index is 836. The lowest BCUT2D eigenvalue weighted by atomic mass is 10.1. The fourth-order valence-corrected chi connectivity index (χ4v) is 2.74. The maximum absolute atomic E-state index is 12.0. The van der Waals surface area contributed by atoms with Crippen LogP contribution in [0, 0.1) is 0 Å². The summed E-state index contributed by atoms with van der Waals surface area (Å²) in [5, 5.41) is 13.3. The summed E-state index contributed by atoms with van der Waals surface area (Å²) in [4.78, 5) is 32.0. The van der Waals surface area contributed by atoms with Crippen LogP contribution in [0.25, 0.3) is 10.4 Å². The SMILES string of the molecule is [N-]=[N+]=N[C@@H]1[C@H](n2ccnc2)[C@@H](CO)O[C@H]1n1ccc(=O)[nH]c1=O. The number of H-pyrrole nitrogens is 1. The molecule has 0 unspecified atom stereocenters. The number of rotatable bonds is 4. The van der Waals surface area contributed by atoms with Crippen molar-refractivity contribution in [1.29, 1.82) is 0 Å². The van der Waals surface area contributed by atoms with Gasteiger partial charge in [-0.2, -0.15) is 0 Å². The van der Waals surface area contributed by atoms with E-state index >= 15 is 0 Å². The van der Waals surface area contributed by atoms with Crippen LogP contribution < -0.4 is 11.2 Å². The third-order valence-corrected chi connectivity index (χ3v) is 3.70. The van der Waals surface area contributed by atoms with Crippen molar-refractivity contribution < 1.29 is 9.84 Å². The predicted molar refractivity (Wildman–Crippen MR) is 76.5 cm³/mol. The largest absolute Gasteiger partial charge is 0.394 e. The molecule has 0 aromatic carbocycles. The molecular weight excluding hydrogens is 306 g/mol. The van der Waals surface area contributed by atoms with E-state index in [0.717, 1.165) is 10.6 Å². The molecule has 11 heteroatoms. The highest BCUT2D eigenvalue weighted by Crippen LogP contribution is 2.38. The molecule has 1 saturated heterocycles. The van der Waals surface area contributed by atoms with Crippen LogP contribution in [0.5, 0.6) is 0 Å². The topological polar surface area (TPSA) is 151 Å². The molecule has 0 amide bonds. The summed E-state index contributed by atoms with van der Waals surface area (Å²) >= 11 is 0. The minimum atomic E-state index is -0.959. The molecule has 0 spiro atoms. The number of aromatic nitrogens is 4. The van der Waals surface area contributed by atoms with E-state index in [9.17, 15) is 14.7 Å². The van der Waals surface area contributed by atoms with E-state index < -0.39 is 35.7 Å². The maximum atomic E-state index is 12.0. The van der Waals surface area contributed by atoms with E-state index in [0.29, 0.717) is 0 Å². The molecule has 2 aromatic rings. The summed E-state index contributed by atoms with van der Waals surface area (Å²) in [7, 11) is 0.